The van der Waals surface area contributed by atoms with Crippen LogP contribution in [0.15, 0.2) is 45.2 Å². The average Bonchev–Trinajstić information content (AvgIpc) is 2.46. The number of rotatable bonds is 1. The molecule has 1 aliphatic heterocycles. The van der Waals surface area contributed by atoms with Gasteiger partial charge in [-0.25, -0.2) is 4.79 Å². The van der Waals surface area contributed by atoms with Crippen LogP contribution in [0.2, 0.25) is 5.02 Å². The summed E-state index contributed by atoms with van der Waals surface area (Å²) >= 11 is 5.87. The predicted octanol–water partition coefficient (Wildman–Crippen LogP) is 0.968. The van der Waals surface area contributed by atoms with E-state index >= 15 is 0 Å². The van der Waals surface area contributed by atoms with Crippen molar-refractivity contribution in [3.05, 3.63) is 72.6 Å². The van der Waals surface area contributed by atoms with Crippen molar-refractivity contribution >= 4 is 17.4 Å². The second-order valence-electron chi connectivity index (χ2n) is 4.75. The van der Waals surface area contributed by atoms with Crippen molar-refractivity contribution in [1.82, 2.24) is 9.97 Å². The van der Waals surface area contributed by atoms with Gasteiger partial charge in [0.2, 0.25) is 0 Å². The van der Waals surface area contributed by atoms with Crippen molar-refractivity contribution in [3.63, 3.8) is 0 Å². The molecule has 0 unspecified atom stereocenters. The molecule has 2 heterocycles. The standard InChI is InChI=1S/C14H10ClN5O2/c15-7-3-1-6(2-4-7)9-8(5-16)11(17)18-12-10(9)13(21)20-14(22)19-12/h1-4,9H,17H2,(H3,18,19,20,21,22)/t9-/m0/s1. The fourth-order valence-corrected chi connectivity index (χ4v) is 2.61. The molecule has 0 saturated heterocycles. The Morgan fingerprint density at radius 1 is 1.18 bits per heavy atom. The van der Waals surface area contributed by atoms with Crippen LogP contribution in [0.25, 0.3) is 0 Å². The summed E-state index contributed by atoms with van der Waals surface area (Å²) in [7, 11) is 0. The minimum absolute atomic E-state index is 0.0937. The quantitative estimate of drug-likeness (QED) is 0.623. The molecular formula is C14H10ClN5O2. The third-order valence-corrected chi connectivity index (χ3v) is 3.68. The first-order valence-corrected chi connectivity index (χ1v) is 6.67. The lowest BCUT2D eigenvalue weighted by Crippen LogP contribution is -2.34. The highest BCUT2D eigenvalue weighted by Crippen LogP contribution is 2.37. The summed E-state index contributed by atoms with van der Waals surface area (Å²) in [5, 5.41) is 12.6. The van der Waals surface area contributed by atoms with Gasteiger partial charge in [0.15, 0.2) is 0 Å². The van der Waals surface area contributed by atoms with E-state index in [-0.39, 0.29) is 22.8 Å². The number of aromatic nitrogens is 2. The molecule has 0 aliphatic carbocycles. The molecule has 1 aromatic carbocycles. The smallest absolute Gasteiger partial charge is 0.327 e. The normalized spacial score (nSPS) is 16.6. The van der Waals surface area contributed by atoms with Crippen LogP contribution in [0.1, 0.15) is 17.0 Å². The molecule has 22 heavy (non-hydrogen) atoms. The summed E-state index contributed by atoms with van der Waals surface area (Å²) in [5.74, 6) is -0.402. The molecule has 0 saturated carbocycles. The van der Waals surface area contributed by atoms with E-state index in [1.54, 1.807) is 24.3 Å². The number of fused-ring (bicyclic) bond motifs is 1. The minimum atomic E-state index is -0.681. The molecular weight excluding hydrogens is 306 g/mol. The van der Waals surface area contributed by atoms with E-state index in [2.05, 4.69) is 15.3 Å². The number of anilines is 1. The van der Waals surface area contributed by atoms with Crippen molar-refractivity contribution in [2.75, 3.05) is 5.32 Å². The Hall–Kier alpha value is -2.98. The van der Waals surface area contributed by atoms with E-state index in [1.807, 2.05) is 6.07 Å². The Kier molecular flexibility index (Phi) is 3.23. The number of nitrogens with one attached hydrogen (secondary N) is 3. The molecule has 7 nitrogen and oxygen atoms in total. The average molecular weight is 316 g/mol. The lowest BCUT2D eigenvalue weighted by molar-refractivity contribution is 0.865. The molecule has 0 radical (unpaired) electrons. The van der Waals surface area contributed by atoms with E-state index in [9.17, 15) is 14.9 Å². The number of nitriles is 1. The monoisotopic (exact) mass is 315 g/mol. The van der Waals surface area contributed by atoms with Gasteiger partial charge < -0.3 is 11.1 Å². The highest BCUT2D eigenvalue weighted by atomic mass is 35.5. The number of hydrogen-bond acceptors (Lipinski definition) is 5. The number of H-pyrrole nitrogens is 2. The third-order valence-electron chi connectivity index (χ3n) is 3.43. The molecule has 3 rings (SSSR count). The Morgan fingerprint density at radius 3 is 2.50 bits per heavy atom. The Bertz CT molecular complexity index is 933. The number of benzene rings is 1. The van der Waals surface area contributed by atoms with Crippen LogP contribution in [0.4, 0.5) is 5.82 Å². The molecule has 2 aromatic rings. The first kappa shape index (κ1) is 14.0. The summed E-state index contributed by atoms with van der Waals surface area (Å²) in [5.41, 5.74) is 5.72. The highest BCUT2D eigenvalue weighted by Gasteiger charge is 2.32. The van der Waals surface area contributed by atoms with Crippen molar-refractivity contribution in [1.29, 1.82) is 5.26 Å². The second kappa shape index (κ2) is 5.09. The van der Waals surface area contributed by atoms with E-state index in [4.69, 9.17) is 17.3 Å². The molecule has 0 fully saturated rings. The second-order valence-corrected chi connectivity index (χ2v) is 5.18. The topological polar surface area (TPSA) is 128 Å². The van der Waals surface area contributed by atoms with Crippen LogP contribution < -0.4 is 22.3 Å². The van der Waals surface area contributed by atoms with Gasteiger partial charge in [-0.3, -0.25) is 14.8 Å². The lowest BCUT2D eigenvalue weighted by Gasteiger charge is -2.25. The first-order chi connectivity index (χ1) is 10.5. The number of allylic oxidation sites excluding steroid dienone is 1. The number of hydrogen-bond donors (Lipinski definition) is 4. The minimum Gasteiger partial charge on any atom is -0.384 e. The maximum absolute atomic E-state index is 12.2. The molecule has 8 heteroatoms. The highest BCUT2D eigenvalue weighted by molar-refractivity contribution is 6.30. The van der Waals surface area contributed by atoms with Gasteiger partial charge >= 0.3 is 5.69 Å². The van der Waals surface area contributed by atoms with Gasteiger partial charge in [0.1, 0.15) is 11.6 Å². The first-order valence-electron chi connectivity index (χ1n) is 6.30. The zero-order chi connectivity index (χ0) is 15.9. The van der Waals surface area contributed by atoms with Gasteiger partial charge in [-0.05, 0) is 17.7 Å². The van der Waals surface area contributed by atoms with E-state index in [0.29, 0.717) is 10.6 Å². The molecule has 1 atom stereocenters. The maximum Gasteiger partial charge on any atom is 0.327 e. The number of nitrogens with zero attached hydrogens (tertiary/aromatic N) is 1. The number of nitrogens with two attached hydrogens (primary N) is 1. The molecule has 1 aromatic heterocycles. The van der Waals surface area contributed by atoms with Gasteiger partial charge in [0, 0.05) is 5.02 Å². The summed E-state index contributed by atoms with van der Waals surface area (Å²) in [6, 6.07) is 8.74. The summed E-state index contributed by atoms with van der Waals surface area (Å²) < 4.78 is 0. The van der Waals surface area contributed by atoms with Crippen LogP contribution in [0.3, 0.4) is 0 Å². The van der Waals surface area contributed by atoms with Crippen molar-refractivity contribution in [3.8, 4) is 6.07 Å². The Labute approximate surface area is 129 Å². The zero-order valence-corrected chi connectivity index (χ0v) is 11.9. The van der Waals surface area contributed by atoms with Gasteiger partial charge in [-0.15, -0.1) is 0 Å². The van der Waals surface area contributed by atoms with E-state index in [1.165, 1.54) is 0 Å². The fourth-order valence-electron chi connectivity index (χ4n) is 2.49. The molecule has 0 amide bonds. The fraction of sp³-hybridized carbons (Fsp3) is 0.0714. The van der Waals surface area contributed by atoms with Crippen molar-refractivity contribution in [2.24, 2.45) is 5.73 Å². The molecule has 1 aliphatic rings. The molecule has 0 spiro atoms. The Balaban J connectivity index is 2.32. The molecule has 0 bridgehead atoms. The van der Waals surface area contributed by atoms with Crippen LogP contribution in [0, 0.1) is 11.3 Å². The maximum atomic E-state index is 12.2. The third kappa shape index (κ3) is 2.16. The summed E-state index contributed by atoms with van der Waals surface area (Å²) in [6.45, 7) is 0. The van der Waals surface area contributed by atoms with E-state index in [0.717, 1.165) is 0 Å². The summed E-state index contributed by atoms with van der Waals surface area (Å²) in [6.07, 6.45) is 0. The lowest BCUT2D eigenvalue weighted by atomic mass is 9.84. The van der Waals surface area contributed by atoms with Crippen LogP contribution in [-0.2, 0) is 0 Å². The summed E-state index contributed by atoms with van der Waals surface area (Å²) in [4.78, 5) is 28.3. The number of aromatic amines is 2. The molecule has 110 valence electrons. The van der Waals surface area contributed by atoms with Crippen LogP contribution in [0.5, 0.6) is 0 Å². The largest absolute Gasteiger partial charge is 0.384 e. The van der Waals surface area contributed by atoms with Gasteiger partial charge in [-0.1, -0.05) is 23.7 Å². The van der Waals surface area contributed by atoms with Gasteiger partial charge in [0.25, 0.3) is 5.56 Å². The Morgan fingerprint density at radius 2 is 1.86 bits per heavy atom. The van der Waals surface area contributed by atoms with Crippen molar-refractivity contribution in [2.45, 2.75) is 5.92 Å². The van der Waals surface area contributed by atoms with E-state index < -0.39 is 17.2 Å². The van der Waals surface area contributed by atoms with Crippen LogP contribution >= 0.6 is 11.6 Å². The van der Waals surface area contributed by atoms with Crippen molar-refractivity contribution < 1.29 is 0 Å². The molecule has 5 N–H and O–H groups in total. The van der Waals surface area contributed by atoms with Gasteiger partial charge in [-0.2, -0.15) is 5.26 Å². The predicted molar refractivity (Wildman–Crippen MR) is 81.4 cm³/mol. The SMILES string of the molecule is N#CC1=C(N)Nc2[nH]c(=O)[nH]c(=O)c2[C@H]1c1ccc(Cl)cc1. The number of halogens is 1. The zero-order valence-electron chi connectivity index (χ0n) is 11.1. The van der Waals surface area contributed by atoms with Crippen LogP contribution in [-0.4, -0.2) is 9.97 Å². The van der Waals surface area contributed by atoms with Gasteiger partial charge in [0.05, 0.1) is 23.1 Å².